The van der Waals surface area contributed by atoms with E-state index in [0.717, 1.165) is 39.1 Å². The van der Waals surface area contributed by atoms with Gasteiger partial charge in [-0.1, -0.05) is 35.9 Å². The van der Waals surface area contributed by atoms with Crippen molar-refractivity contribution < 1.29 is 9.59 Å². The number of amides is 2. The number of carbonyl (C=O) groups is 2. The van der Waals surface area contributed by atoms with Gasteiger partial charge in [0.15, 0.2) is 0 Å². The lowest BCUT2D eigenvalue weighted by Gasteiger charge is -2.22. The molecule has 1 aromatic heterocycles. The lowest BCUT2D eigenvalue weighted by Crippen LogP contribution is -2.37. The van der Waals surface area contributed by atoms with Crippen LogP contribution in [-0.4, -0.2) is 54.3 Å². The van der Waals surface area contributed by atoms with Crippen LogP contribution in [-0.2, 0) is 11.3 Å². The Labute approximate surface area is 165 Å². The Morgan fingerprint density at radius 2 is 1.89 bits per heavy atom. The zero-order chi connectivity index (χ0) is 19.1. The molecular weight excluding hydrogens is 358 g/mol. The highest BCUT2D eigenvalue weighted by atomic mass is 32.1. The molecule has 3 rings (SSSR count). The van der Waals surface area contributed by atoms with E-state index in [-0.39, 0.29) is 11.8 Å². The van der Waals surface area contributed by atoms with E-state index in [2.05, 4.69) is 41.4 Å². The minimum Gasteiger partial charge on any atom is -0.351 e. The summed E-state index contributed by atoms with van der Waals surface area (Å²) in [5.74, 6) is 0.0246. The summed E-state index contributed by atoms with van der Waals surface area (Å²) in [6, 6.07) is 12.3. The van der Waals surface area contributed by atoms with E-state index in [1.807, 2.05) is 16.3 Å². The van der Waals surface area contributed by atoms with E-state index in [9.17, 15) is 9.59 Å². The number of thiophene rings is 1. The molecule has 2 amide bonds. The maximum absolute atomic E-state index is 12.5. The molecule has 0 bridgehead atoms. The third-order valence-electron chi connectivity index (χ3n) is 4.84. The van der Waals surface area contributed by atoms with Crippen LogP contribution in [0.15, 0.2) is 41.8 Å². The van der Waals surface area contributed by atoms with Crippen LogP contribution in [0.1, 0.15) is 33.6 Å². The van der Waals surface area contributed by atoms with Gasteiger partial charge >= 0.3 is 0 Å². The molecule has 144 valence electrons. The van der Waals surface area contributed by atoms with Gasteiger partial charge in [-0.3, -0.25) is 14.5 Å². The minimum absolute atomic E-state index is 0.0991. The number of aryl methyl sites for hydroxylation is 1. The zero-order valence-corrected chi connectivity index (χ0v) is 16.6. The first-order valence-corrected chi connectivity index (χ1v) is 10.4. The number of rotatable bonds is 6. The number of benzene rings is 1. The molecule has 2 aromatic rings. The second kappa shape index (κ2) is 9.67. The maximum Gasteiger partial charge on any atom is 0.261 e. The molecule has 0 spiro atoms. The fourth-order valence-corrected chi connectivity index (χ4v) is 3.91. The molecule has 1 aliphatic rings. The molecule has 5 nitrogen and oxygen atoms in total. The van der Waals surface area contributed by atoms with Crippen LogP contribution in [0.3, 0.4) is 0 Å². The van der Waals surface area contributed by atoms with Gasteiger partial charge in [0, 0.05) is 45.7 Å². The molecular formula is C21H27N3O2S. The summed E-state index contributed by atoms with van der Waals surface area (Å²) in [4.78, 5) is 29.4. The van der Waals surface area contributed by atoms with Crippen molar-refractivity contribution in [2.75, 3.05) is 32.7 Å². The van der Waals surface area contributed by atoms with E-state index >= 15 is 0 Å². The third kappa shape index (κ3) is 5.91. The van der Waals surface area contributed by atoms with Crippen LogP contribution in [0.5, 0.6) is 0 Å². The molecule has 0 saturated carbocycles. The Hall–Kier alpha value is -2.18. The molecule has 1 aromatic carbocycles. The number of carbonyl (C=O) groups excluding carboxylic acids is 2. The summed E-state index contributed by atoms with van der Waals surface area (Å²) in [5, 5.41) is 4.70. The monoisotopic (exact) mass is 385 g/mol. The van der Waals surface area contributed by atoms with Crippen LogP contribution in [0, 0.1) is 6.92 Å². The summed E-state index contributed by atoms with van der Waals surface area (Å²) < 4.78 is 0. The van der Waals surface area contributed by atoms with Crippen LogP contribution >= 0.6 is 11.3 Å². The molecule has 1 saturated heterocycles. The van der Waals surface area contributed by atoms with Gasteiger partial charge < -0.3 is 10.2 Å². The fourth-order valence-electron chi connectivity index (χ4n) is 3.27. The molecule has 0 atom stereocenters. The van der Waals surface area contributed by atoms with Crippen molar-refractivity contribution in [3.8, 4) is 0 Å². The molecule has 27 heavy (non-hydrogen) atoms. The highest BCUT2D eigenvalue weighted by Crippen LogP contribution is 2.11. The highest BCUT2D eigenvalue weighted by Gasteiger charge is 2.19. The van der Waals surface area contributed by atoms with E-state index in [1.165, 1.54) is 22.5 Å². The van der Waals surface area contributed by atoms with Crippen molar-refractivity contribution in [3.05, 3.63) is 57.8 Å². The summed E-state index contributed by atoms with van der Waals surface area (Å²) in [6.07, 6.45) is 1.34. The van der Waals surface area contributed by atoms with Crippen LogP contribution < -0.4 is 5.32 Å². The van der Waals surface area contributed by atoms with E-state index in [0.29, 0.717) is 17.8 Å². The predicted molar refractivity (Wildman–Crippen MR) is 109 cm³/mol. The van der Waals surface area contributed by atoms with Gasteiger partial charge in [-0.25, -0.2) is 0 Å². The molecule has 6 heteroatoms. The van der Waals surface area contributed by atoms with Gasteiger partial charge in [0.05, 0.1) is 4.88 Å². The largest absolute Gasteiger partial charge is 0.351 e. The van der Waals surface area contributed by atoms with Crippen molar-refractivity contribution >= 4 is 23.2 Å². The maximum atomic E-state index is 12.5. The SMILES string of the molecule is Cc1ccc(CN2CCCN(C(=O)CCNC(=O)c3cccs3)CC2)cc1. The molecule has 0 unspecified atom stereocenters. The van der Waals surface area contributed by atoms with Gasteiger partial charge in [-0.2, -0.15) is 0 Å². The Balaban J connectivity index is 1.41. The smallest absolute Gasteiger partial charge is 0.261 e. The molecule has 0 aliphatic carbocycles. The Morgan fingerprint density at radius 3 is 2.63 bits per heavy atom. The molecule has 1 aliphatic heterocycles. The lowest BCUT2D eigenvalue weighted by molar-refractivity contribution is -0.130. The molecule has 0 radical (unpaired) electrons. The van der Waals surface area contributed by atoms with Crippen molar-refractivity contribution in [1.82, 2.24) is 15.1 Å². The topological polar surface area (TPSA) is 52.6 Å². The number of nitrogens with one attached hydrogen (secondary N) is 1. The summed E-state index contributed by atoms with van der Waals surface area (Å²) in [6.45, 7) is 6.86. The predicted octanol–water partition coefficient (Wildman–Crippen LogP) is 2.91. The van der Waals surface area contributed by atoms with E-state index < -0.39 is 0 Å². The first kappa shape index (κ1) is 19.6. The van der Waals surface area contributed by atoms with Crippen molar-refractivity contribution in [3.63, 3.8) is 0 Å². The van der Waals surface area contributed by atoms with Gasteiger partial charge in [0.25, 0.3) is 5.91 Å². The minimum atomic E-state index is -0.0991. The molecule has 2 heterocycles. The summed E-state index contributed by atoms with van der Waals surface area (Å²) in [5.41, 5.74) is 2.59. The number of hydrogen-bond acceptors (Lipinski definition) is 4. The Kier molecular flexibility index (Phi) is 7.01. The van der Waals surface area contributed by atoms with Crippen LogP contribution in [0.2, 0.25) is 0 Å². The standard InChI is InChI=1S/C21H27N3O2S/c1-17-5-7-18(8-6-17)16-23-11-3-12-24(14-13-23)20(25)9-10-22-21(26)19-4-2-15-27-19/h2,4-8,15H,3,9-14,16H2,1H3,(H,22,26). The lowest BCUT2D eigenvalue weighted by atomic mass is 10.1. The fraction of sp³-hybridized carbons (Fsp3) is 0.429. The van der Waals surface area contributed by atoms with Crippen LogP contribution in [0.4, 0.5) is 0 Å². The van der Waals surface area contributed by atoms with E-state index in [1.54, 1.807) is 6.07 Å². The Morgan fingerprint density at radius 1 is 1.07 bits per heavy atom. The first-order valence-electron chi connectivity index (χ1n) is 9.49. The van der Waals surface area contributed by atoms with E-state index in [4.69, 9.17) is 0 Å². The number of hydrogen-bond donors (Lipinski definition) is 1. The van der Waals surface area contributed by atoms with Gasteiger partial charge in [-0.05, 0) is 30.4 Å². The van der Waals surface area contributed by atoms with Crippen LogP contribution in [0.25, 0.3) is 0 Å². The molecule has 1 fully saturated rings. The normalized spacial score (nSPS) is 15.4. The average Bonchev–Trinajstić information content (AvgIpc) is 3.11. The van der Waals surface area contributed by atoms with Crippen molar-refractivity contribution in [2.24, 2.45) is 0 Å². The van der Waals surface area contributed by atoms with Crippen molar-refractivity contribution in [2.45, 2.75) is 26.3 Å². The first-order chi connectivity index (χ1) is 13.1. The quantitative estimate of drug-likeness (QED) is 0.832. The number of nitrogens with zero attached hydrogens (tertiary/aromatic N) is 2. The van der Waals surface area contributed by atoms with Crippen molar-refractivity contribution in [1.29, 1.82) is 0 Å². The second-order valence-electron chi connectivity index (χ2n) is 6.98. The van der Waals surface area contributed by atoms with Gasteiger partial charge in [0.1, 0.15) is 0 Å². The highest BCUT2D eigenvalue weighted by molar-refractivity contribution is 7.12. The summed E-state index contributed by atoms with van der Waals surface area (Å²) in [7, 11) is 0. The summed E-state index contributed by atoms with van der Waals surface area (Å²) >= 11 is 1.41. The van der Waals surface area contributed by atoms with Gasteiger partial charge in [0.2, 0.25) is 5.91 Å². The van der Waals surface area contributed by atoms with Gasteiger partial charge in [-0.15, -0.1) is 11.3 Å². The average molecular weight is 386 g/mol. The third-order valence-corrected chi connectivity index (χ3v) is 5.71. The second-order valence-corrected chi connectivity index (χ2v) is 7.93. The Bertz CT molecular complexity index is 743. The zero-order valence-electron chi connectivity index (χ0n) is 15.8. The molecule has 1 N–H and O–H groups in total.